The highest BCUT2D eigenvalue weighted by Crippen LogP contribution is 2.45. The minimum atomic E-state index is 0.475. The van der Waals surface area contributed by atoms with Crippen LogP contribution >= 0.6 is 0 Å². The summed E-state index contributed by atoms with van der Waals surface area (Å²) in [7, 11) is 0. The van der Waals surface area contributed by atoms with Gasteiger partial charge in [-0.15, -0.1) is 0 Å². The largest absolute Gasteiger partial charge is 0.488 e. The van der Waals surface area contributed by atoms with Gasteiger partial charge in [-0.05, 0) is 76.9 Å². The first-order chi connectivity index (χ1) is 23.8. The number of rotatable bonds is 5. The first-order valence-corrected chi connectivity index (χ1v) is 16.2. The minimum absolute atomic E-state index is 0.475. The van der Waals surface area contributed by atoms with Crippen LogP contribution in [-0.2, 0) is 6.61 Å². The van der Waals surface area contributed by atoms with Crippen molar-refractivity contribution < 1.29 is 4.74 Å². The van der Waals surface area contributed by atoms with Crippen LogP contribution in [0, 0.1) is 0 Å². The number of ether oxygens (including phenoxy) is 1. The number of nitrogens with one attached hydrogen (secondary N) is 1. The predicted octanol–water partition coefficient (Wildman–Crippen LogP) is 9.75. The summed E-state index contributed by atoms with van der Waals surface area (Å²) in [5, 5.41) is 4.59. The van der Waals surface area contributed by atoms with E-state index in [2.05, 4.69) is 126 Å². The molecule has 0 bridgehead atoms. The molecule has 7 aromatic rings. The molecule has 5 nitrogen and oxygen atoms in total. The number of para-hydroxylation sites is 1. The fourth-order valence-electron chi connectivity index (χ4n) is 6.71. The Bertz CT molecular complexity index is 2400. The molecule has 48 heavy (non-hydrogen) atoms. The second-order valence-electron chi connectivity index (χ2n) is 12.0. The molecule has 2 aliphatic rings. The second kappa shape index (κ2) is 11.8. The average molecular weight is 619 g/mol. The van der Waals surface area contributed by atoms with Gasteiger partial charge in [-0.1, -0.05) is 91.0 Å². The standard InChI is InChI=1S/C43H30N4O/c1-2-11-28(12-3-1)43-35-27-48-41-18-5-4-15-33(41)42(35)34-24-31(19-20-36(34)47-43)29-13-10-14-30(23-29)32-25-39(37-16-6-8-21-44-37)46-40(26-32)38-17-7-9-22-45-38/h1-21,23-26,45H,22,27H2. The van der Waals surface area contributed by atoms with Crippen molar-refractivity contribution in [3.8, 4) is 61.8 Å². The third-order valence-electron chi connectivity index (χ3n) is 9.03. The number of nitrogens with zero attached hydrogens (tertiary/aromatic N) is 3. The first-order valence-electron chi connectivity index (χ1n) is 16.2. The first kappa shape index (κ1) is 27.9. The Hall–Kier alpha value is -6.33. The summed E-state index contributed by atoms with van der Waals surface area (Å²) < 4.78 is 6.27. The zero-order chi connectivity index (χ0) is 31.9. The van der Waals surface area contributed by atoms with Crippen LogP contribution in [0.5, 0.6) is 5.75 Å². The summed E-state index contributed by atoms with van der Waals surface area (Å²) in [5.74, 6) is 0.902. The molecule has 0 atom stereocenters. The van der Waals surface area contributed by atoms with Crippen molar-refractivity contribution in [2.45, 2.75) is 6.61 Å². The molecule has 0 aliphatic carbocycles. The van der Waals surface area contributed by atoms with Crippen LogP contribution in [0.25, 0.3) is 72.6 Å². The van der Waals surface area contributed by atoms with E-state index in [0.29, 0.717) is 6.61 Å². The van der Waals surface area contributed by atoms with E-state index in [1.807, 2.05) is 36.5 Å². The second-order valence-corrected chi connectivity index (χ2v) is 12.0. The van der Waals surface area contributed by atoms with Gasteiger partial charge in [-0.3, -0.25) is 4.98 Å². The molecule has 0 unspecified atom stereocenters. The van der Waals surface area contributed by atoms with E-state index < -0.39 is 0 Å². The summed E-state index contributed by atoms with van der Waals surface area (Å²) in [6.07, 6.45) is 8.05. The van der Waals surface area contributed by atoms with E-state index in [-0.39, 0.29) is 0 Å². The smallest absolute Gasteiger partial charge is 0.127 e. The Morgan fingerprint density at radius 1 is 0.604 bits per heavy atom. The third-order valence-corrected chi connectivity index (χ3v) is 9.03. The lowest BCUT2D eigenvalue weighted by atomic mass is 9.89. The van der Waals surface area contributed by atoms with Crippen LogP contribution in [0.3, 0.4) is 0 Å². The van der Waals surface area contributed by atoms with Crippen molar-refractivity contribution in [3.05, 3.63) is 163 Å². The lowest BCUT2D eigenvalue weighted by Gasteiger charge is -2.25. The Morgan fingerprint density at radius 2 is 1.40 bits per heavy atom. The van der Waals surface area contributed by atoms with Gasteiger partial charge in [0, 0.05) is 40.4 Å². The van der Waals surface area contributed by atoms with Crippen molar-refractivity contribution in [3.63, 3.8) is 0 Å². The van der Waals surface area contributed by atoms with Crippen LogP contribution in [-0.4, -0.2) is 21.5 Å². The fourth-order valence-corrected chi connectivity index (χ4v) is 6.71. The maximum absolute atomic E-state index is 6.27. The summed E-state index contributed by atoms with van der Waals surface area (Å²) >= 11 is 0. The van der Waals surface area contributed by atoms with Crippen LogP contribution in [0.2, 0.25) is 0 Å². The van der Waals surface area contributed by atoms with Gasteiger partial charge in [-0.25, -0.2) is 9.97 Å². The quantitative estimate of drug-likeness (QED) is 0.208. The molecule has 1 N–H and O–H groups in total. The van der Waals surface area contributed by atoms with Crippen molar-refractivity contribution >= 4 is 16.6 Å². The Labute approximate surface area is 279 Å². The molecule has 0 saturated heterocycles. The number of hydrogen-bond acceptors (Lipinski definition) is 5. The number of benzene rings is 4. The minimum Gasteiger partial charge on any atom is -0.488 e. The lowest BCUT2D eigenvalue weighted by Crippen LogP contribution is -2.15. The molecular weight excluding hydrogens is 589 g/mol. The number of dihydropyridines is 1. The molecule has 4 aromatic carbocycles. The molecule has 9 rings (SSSR count). The predicted molar refractivity (Wildman–Crippen MR) is 194 cm³/mol. The fraction of sp³-hybridized carbons (Fsp3) is 0.0465. The molecule has 0 spiro atoms. The molecule has 0 radical (unpaired) electrons. The lowest BCUT2D eigenvalue weighted by molar-refractivity contribution is 0.303. The summed E-state index contributed by atoms with van der Waals surface area (Å²) in [6, 6.07) is 44.3. The molecule has 0 amide bonds. The van der Waals surface area contributed by atoms with Gasteiger partial charge in [0.15, 0.2) is 0 Å². The normalized spacial score (nSPS) is 13.2. The average Bonchev–Trinajstić information content (AvgIpc) is 3.18. The Kier molecular flexibility index (Phi) is 6.86. The van der Waals surface area contributed by atoms with Crippen LogP contribution < -0.4 is 10.1 Å². The van der Waals surface area contributed by atoms with E-state index in [0.717, 1.165) is 90.6 Å². The molecule has 3 aromatic heterocycles. The van der Waals surface area contributed by atoms with Gasteiger partial charge in [-0.2, -0.15) is 0 Å². The Morgan fingerprint density at radius 3 is 2.25 bits per heavy atom. The zero-order valence-corrected chi connectivity index (χ0v) is 26.1. The van der Waals surface area contributed by atoms with Gasteiger partial charge < -0.3 is 10.1 Å². The number of hydrogen-bond donors (Lipinski definition) is 1. The number of fused-ring (bicyclic) bond motifs is 5. The zero-order valence-electron chi connectivity index (χ0n) is 26.1. The maximum Gasteiger partial charge on any atom is 0.127 e. The Balaban J connectivity index is 1.19. The maximum atomic E-state index is 6.27. The van der Waals surface area contributed by atoms with Gasteiger partial charge >= 0.3 is 0 Å². The molecule has 5 heteroatoms. The monoisotopic (exact) mass is 618 g/mol. The highest BCUT2D eigenvalue weighted by atomic mass is 16.5. The molecule has 228 valence electrons. The van der Waals surface area contributed by atoms with Gasteiger partial charge in [0.1, 0.15) is 12.4 Å². The van der Waals surface area contributed by atoms with E-state index in [4.69, 9.17) is 14.7 Å². The van der Waals surface area contributed by atoms with Crippen molar-refractivity contribution in [2.75, 3.05) is 6.54 Å². The topological polar surface area (TPSA) is 59.9 Å². The molecule has 2 aliphatic heterocycles. The van der Waals surface area contributed by atoms with E-state index in [9.17, 15) is 0 Å². The van der Waals surface area contributed by atoms with Crippen LogP contribution in [0.15, 0.2) is 152 Å². The molecule has 0 saturated carbocycles. The van der Waals surface area contributed by atoms with E-state index in [1.165, 1.54) is 5.56 Å². The van der Waals surface area contributed by atoms with Gasteiger partial charge in [0.25, 0.3) is 0 Å². The third kappa shape index (κ3) is 5.02. The van der Waals surface area contributed by atoms with Crippen molar-refractivity contribution in [1.29, 1.82) is 0 Å². The van der Waals surface area contributed by atoms with Crippen molar-refractivity contribution in [2.24, 2.45) is 0 Å². The molecule has 5 heterocycles. The summed E-state index contributed by atoms with van der Waals surface area (Å²) in [5.41, 5.74) is 14.5. The van der Waals surface area contributed by atoms with E-state index >= 15 is 0 Å². The number of pyridine rings is 3. The molecular formula is C43H30N4O. The molecule has 0 fully saturated rings. The number of allylic oxidation sites excluding steroid dienone is 2. The summed E-state index contributed by atoms with van der Waals surface area (Å²) in [6.45, 7) is 1.25. The summed E-state index contributed by atoms with van der Waals surface area (Å²) in [4.78, 5) is 14.8. The van der Waals surface area contributed by atoms with E-state index in [1.54, 1.807) is 0 Å². The highest BCUT2D eigenvalue weighted by Gasteiger charge is 2.25. The highest BCUT2D eigenvalue weighted by molar-refractivity contribution is 6.03. The van der Waals surface area contributed by atoms with Crippen molar-refractivity contribution in [1.82, 2.24) is 20.3 Å². The van der Waals surface area contributed by atoms with Crippen LogP contribution in [0.1, 0.15) is 11.3 Å². The SMILES string of the molecule is C1=CCNC(c2cc(-c3cccc(-c4ccc5nc(-c6ccccc6)c6c(c5c4)-c4ccccc4OC6)c3)cc(-c3ccccn3)n2)=C1. The van der Waals surface area contributed by atoms with Gasteiger partial charge in [0.2, 0.25) is 0 Å². The van der Waals surface area contributed by atoms with Gasteiger partial charge in [0.05, 0.1) is 34.0 Å². The number of aromatic nitrogens is 3. The van der Waals surface area contributed by atoms with Crippen LogP contribution in [0.4, 0.5) is 0 Å².